The Morgan fingerprint density at radius 2 is 2.07 bits per heavy atom. The Morgan fingerprint density at radius 3 is 2.79 bits per heavy atom. The molecule has 9 atom stereocenters. The molecule has 3 heterocycles. The molecule has 0 unspecified atom stereocenters. The van der Waals surface area contributed by atoms with Crippen LogP contribution in [-0.2, 0) is 35.9 Å². The number of halogens is 1. The van der Waals surface area contributed by atoms with Gasteiger partial charge in [0.05, 0.1) is 21.9 Å². The van der Waals surface area contributed by atoms with E-state index in [1.807, 2.05) is 30.8 Å². The van der Waals surface area contributed by atoms with E-state index in [9.17, 15) is 19.8 Å². The first kappa shape index (κ1) is 30.5. The first-order valence-corrected chi connectivity index (χ1v) is 16.1. The molecule has 0 spiro atoms. The van der Waals surface area contributed by atoms with Crippen molar-refractivity contribution in [3.05, 3.63) is 57.0 Å². The third kappa shape index (κ3) is 5.17. The maximum absolute atomic E-state index is 13.9. The number of aliphatic hydroxyl groups is 2. The van der Waals surface area contributed by atoms with Crippen LogP contribution in [0.3, 0.4) is 0 Å². The van der Waals surface area contributed by atoms with Crippen molar-refractivity contribution in [1.82, 2.24) is 10.3 Å². The van der Waals surface area contributed by atoms with E-state index in [4.69, 9.17) is 25.9 Å². The molecule has 3 N–H and O–H groups in total. The van der Waals surface area contributed by atoms with E-state index in [1.54, 1.807) is 36.6 Å². The molecule has 0 radical (unpaired) electrons. The fourth-order valence-corrected chi connectivity index (χ4v) is 8.50. The van der Waals surface area contributed by atoms with Gasteiger partial charge in [-0.3, -0.25) is 24.8 Å². The monoisotopic (exact) mass is 631 g/mol. The molecular weight excluding hydrogens is 594 g/mol. The lowest BCUT2D eigenvalue weighted by molar-refractivity contribution is -0.223. The summed E-state index contributed by atoms with van der Waals surface area (Å²) in [4.78, 5) is 36.5. The molecular formula is C31H38ClN3O7S. The van der Waals surface area contributed by atoms with Crippen LogP contribution in [0.25, 0.3) is 0 Å². The summed E-state index contributed by atoms with van der Waals surface area (Å²) in [5.74, 6) is -1.63. The predicted molar refractivity (Wildman–Crippen MR) is 160 cm³/mol. The van der Waals surface area contributed by atoms with E-state index in [0.717, 1.165) is 37.0 Å². The van der Waals surface area contributed by atoms with Gasteiger partial charge in [-0.15, -0.1) is 11.3 Å². The average Bonchev–Trinajstić information content (AvgIpc) is 3.60. The summed E-state index contributed by atoms with van der Waals surface area (Å²) in [6, 6.07) is 4.25. The molecule has 1 saturated carbocycles. The number of aromatic nitrogens is 1. The maximum Gasteiger partial charge on any atom is 0.323 e. The number of hydroxylamine groups is 1. The molecule has 43 heavy (non-hydrogen) atoms. The largest absolute Gasteiger partial charge is 0.454 e. The van der Waals surface area contributed by atoms with Crippen molar-refractivity contribution in [3.63, 3.8) is 0 Å². The van der Waals surface area contributed by atoms with Crippen LogP contribution in [0.15, 0.2) is 40.7 Å². The van der Waals surface area contributed by atoms with Crippen LogP contribution in [-0.4, -0.2) is 64.3 Å². The second-order valence-electron chi connectivity index (χ2n) is 12.4. The summed E-state index contributed by atoms with van der Waals surface area (Å²) in [7, 11) is 1.68. The molecule has 2 aliphatic heterocycles. The van der Waals surface area contributed by atoms with Crippen molar-refractivity contribution in [2.45, 2.75) is 88.6 Å². The molecule has 2 fully saturated rings. The zero-order valence-electron chi connectivity index (χ0n) is 24.7. The summed E-state index contributed by atoms with van der Waals surface area (Å²) < 4.78 is 11.9. The van der Waals surface area contributed by atoms with Crippen LogP contribution in [0.2, 0.25) is 5.02 Å². The smallest absolute Gasteiger partial charge is 0.323 e. The molecule has 12 heteroatoms. The lowest BCUT2D eigenvalue weighted by Crippen LogP contribution is -2.65. The van der Waals surface area contributed by atoms with Crippen molar-refractivity contribution in [2.24, 2.45) is 17.8 Å². The van der Waals surface area contributed by atoms with Crippen LogP contribution in [0.4, 0.5) is 5.69 Å². The highest BCUT2D eigenvalue weighted by atomic mass is 35.5. The van der Waals surface area contributed by atoms with Gasteiger partial charge in [0.15, 0.2) is 18.4 Å². The Morgan fingerprint density at radius 1 is 1.28 bits per heavy atom. The van der Waals surface area contributed by atoms with Gasteiger partial charge >= 0.3 is 11.9 Å². The highest BCUT2D eigenvalue weighted by molar-refractivity contribution is 7.07. The number of rotatable bonds is 6. The van der Waals surface area contributed by atoms with Gasteiger partial charge in [0.25, 0.3) is 0 Å². The summed E-state index contributed by atoms with van der Waals surface area (Å²) >= 11 is 7.98. The molecule has 0 bridgehead atoms. The summed E-state index contributed by atoms with van der Waals surface area (Å²) in [5, 5.41) is 31.3. The van der Waals surface area contributed by atoms with Gasteiger partial charge < -0.3 is 19.7 Å². The van der Waals surface area contributed by atoms with Gasteiger partial charge in [-0.25, -0.2) is 4.98 Å². The molecule has 10 nitrogen and oxygen atoms in total. The Hall–Kier alpha value is -2.54. The summed E-state index contributed by atoms with van der Waals surface area (Å²) in [5.41, 5.74) is 1.61. The number of esters is 2. The summed E-state index contributed by atoms with van der Waals surface area (Å²) in [6.07, 6.45) is 2.19. The Labute approximate surface area is 259 Å². The first-order valence-electron chi connectivity index (χ1n) is 14.8. The van der Waals surface area contributed by atoms with Gasteiger partial charge in [-0.05, 0) is 56.1 Å². The number of carbonyl (C=O) groups excluding carboxylic acids is 2. The number of fused-ring (bicyclic) bond motifs is 4. The third-order valence-electron chi connectivity index (χ3n) is 9.83. The average molecular weight is 632 g/mol. The van der Waals surface area contributed by atoms with Gasteiger partial charge in [-0.1, -0.05) is 36.7 Å². The minimum Gasteiger partial charge on any atom is -0.454 e. The quantitative estimate of drug-likeness (QED) is 0.319. The Balaban J connectivity index is 1.29. The minimum atomic E-state index is -1.55. The van der Waals surface area contributed by atoms with Gasteiger partial charge in [0.1, 0.15) is 17.2 Å². The number of hydrogen-bond donors (Lipinski definition) is 3. The molecule has 1 aromatic carbocycles. The van der Waals surface area contributed by atoms with Crippen LogP contribution >= 0.6 is 22.9 Å². The Bertz CT molecular complexity index is 1420. The number of carbonyl (C=O) groups is 2. The van der Waals surface area contributed by atoms with Crippen LogP contribution in [0.1, 0.15) is 57.7 Å². The van der Waals surface area contributed by atoms with Crippen molar-refractivity contribution in [1.29, 1.82) is 0 Å². The second kappa shape index (κ2) is 11.4. The van der Waals surface area contributed by atoms with Gasteiger partial charge in [0.2, 0.25) is 0 Å². The lowest BCUT2D eigenvalue weighted by atomic mass is 9.57. The number of ether oxygens (including phenoxy) is 2. The van der Waals surface area contributed by atoms with Crippen LogP contribution in [0.5, 0.6) is 0 Å². The standard InChI is InChI=1S/C31H38ClN3O7S/c1-16-12-22-19(10-11-20-14-43-15-33-20)9-8-17(2)31(22,39)27(26(16)40-18(3)36)41-28(37)24-13-30(38)21-6-5-7-23(32)25(21)35(4)42-29(30)34-24/h5-7,12,14-15,17,19,22,24,26-27,29,34,38-39H,8-11,13H2,1-4H3/t17-,19+,22-,24+,26-,27+,29-,30-,31-/m1/s1. The molecule has 1 aromatic heterocycles. The van der Waals surface area contributed by atoms with E-state index in [1.165, 1.54) is 12.0 Å². The van der Waals surface area contributed by atoms with Crippen LogP contribution < -0.4 is 10.4 Å². The number of thiazole rings is 1. The van der Waals surface area contributed by atoms with E-state index < -0.39 is 47.6 Å². The zero-order valence-corrected chi connectivity index (χ0v) is 26.2. The number of nitrogens with zero attached hydrogens (tertiary/aromatic N) is 2. The second-order valence-corrected chi connectivity index (χ2v) is 13.6. The predicted octanol–water partition coefficient (Wildman–Crippen LogP) is 3.88. The zero-order chi connectivity index (χ0) is 30.7. The van der Waals surface area contributed by atoms with Crippen molar-refractivity contribution < 1.29 is 34.1 Å². The van der Waals surface area contributed by atoms with E-state index in [2.05, 4.69) is 10.3 Å². The molecule has 6 rings (SSSR count). The van der Waals surface area contributed by atoms with Gasteiger partial charge in [0, 0.05) is 37.3 Å². The van der Waals surface area contributed by atoms with Crippen molar-refractivity contribution in [2.75, 3.05) is 12.1 Å². The third-order valence-corrected chi connectivity index (χ3v) is 10.8. The van der Waals surface area contributed by atoms with Crippen molar-refractivity contribution >= 4 is 40.6 Å². The molecule has 2 aromatic rings. The van der Waals surface area contributed by atoms with Gasteiger partial charge in [-0.2, -0.15) is 0 Å². The maximum atomic E-state index is 13.9. The highest BCUT2D eigenvalue weighted by Gasteiger charge is 2.61. The number of benzene rings is 1. The normalized spacial score (nSPS) is 36.7. The SMILES string of the molecule is CC(=O)O[C@@H]1C(C)=C[C@@H]2[C@H](CCc3cscn3)CC[C@@H](C)[C@]2(O)[C@H]1OC(=O)[C@@H]1C[C@@]2(O)c3cccc(Cl)c3N(C)O[C@H]2N1. The molecule has 2 aliphatic carbocycles. The molecule has 0 amide bonds. The topological polar surface area (TPSA) is 130 Å². The van der Waals surface area contributed by atoms with Crippen molar-refractivity contribution in [3.8, 4) is 0 Å². The fourth-order valence-electron chi connectivity index (χ4n) is 7.61. The Kier molecular flexibility index (Phi) is 8.10. The lowest BCUT2D eigenvalue weighted by Gasteiger charge is -2.55. The highest BCUT2D eigenvalue weighted by Crippen LogP contribution is 2.52. The summed E-state index contributed by atoms with van der Waals surface area (Å²) in [6.45, 7) is 5.11. The fraction of sp³-hybridized carbons (Fsp3) is 0.581. The number of nitrogens with one attached hydrogen (secondary N) is 1. The van der Waals surface area contributed by atoms with E-state index >= 15 is 0 Å². The molecule has 232 valence electrons. The first-order chi connectivity index (χ1) is 20.4. The van der Waals surface area contributed by atoms with E-state index in [-0.39, 0.29) is 24.2 Å². The van der Waals surface area contributed by atoms with E-state index in [0.29, 0.717) is 16.3 Å². The number of aryl methyl sites for hydroxylation is 1. The number of para-hydroxylation sites is 1. The minimum absolute atomic E-state index is 0.0366. The number of hydrogen-bond acceptors (Lipinski definition) is 11. The molecule has 1 saturated heterocycles. The number of anilines is 1. The molecule has 4 aliphatic rings. The van der Waals surface area contributed by atoms with Crippen LogP contribution in [0, 0.1) is 17.8 Å².